The van der Waals surface area contributed by atoms with Crippen molar-refractivity contribution in [3.05, 3.63) is 23.7 Å². The molecule has 0 spiro atoms. The van der Waals surface area contributed by atoms with E-state index in [-0.39, 0.29) is 17.4 Å². The van der Waals surface area contributed by atoms with Crippen molar-refractivity contribution in [2.45, 2.75) is 39.0 Å². The van der Waals surface area contributed by atoms with E-state index < -0.39 is 5.97 Å². The van der Waals surface area contributed by atoms with Crippen LogP contribution in [0.2, 0.25) is 0 Å². The largest absolute Gasteiger partial charge is 0.475 e. The Balaban J connectivity index is 1.75. The van der Waals surface area contributed by atoms with Gasteiger partial charge in [0, 0.05) is 6.54 Å². The molecule has 2 N–H and O–H groups in total. The minimum atomic E-state index is -1.17. The summed E-state index contributed by atoms with van der Waals surface area (Å²) in [5.74, 6) is -0.199. The van der Waals surface area contributed by atoms with E-state index in [1.165, 1.54) is 37.8 Å². The fourth-order valence-corrected chi connectivity index (χ4v) is 2.87. The maximum Gasteiger partial charge on any atom is 0.371 e. The molecule has 1 aromatic rings. The van der Waals surface area contributed by atoms with Crippen LogP contribution in [-0.4, -0.2) is 23.5 Å². The highest BCUT2D eigenvalue weighted by molar-refractivity contribution is 5.93. The second-order valence-electron chi connectivity index (χ2n) is 5.65. The van der Waals surface area contributed by atoms with E-state index in [0.717, 1.165) is 12.3 Å². The average Bonchev–Trinajstić information content (AvgIpc) is 2.88. The number of amides is 1. The third-order valence-corrected chi connectivity index (χ3v) is 3.92. The predicted molar refractivity (Wildman–Crippen MR) is 73.7 cm³/mol. The molecule has 110 valence electrons. The Morgan fingerprint density at radius 1 is 1.35 bits per heavy atom. The van der Waals surface area contributed by atoms with Crippen molar-refractivity contribution in [2.24, 2.45) is 11.8 Å². The highest BCUT2D eigenvalue weighted by Crippen LogP contribution is 2.30. The minimum Gasteiger partial charge on any atom is -0.475 e. The zero-order chi connectivity index (χ0) is 14.5. The second-order valence-corrected chi connectivity index (χ2v) is 5.65. The summed E-state index contributed by atoms with van der Waals surface area (Å²) in [7, 11) is 0. The number of aromatic carboxylic acids is 1. The first-order chi connectivity index (χ1) is 9.56. The number of furan rings is 1. The van der Waals surface area contributed by atoms with Crippen LogP contribution >= 0.6 is 0 Å². The van der Waals surface area contributed by atoms with Gasteiger partial charge in [-0.15, -0.1) is 0 Å². The topological polar surface area (TPSA) is 79.5 Å². The number of carboxylic acid groups (broad SMARTS) is 1. The van der Waals surface area contributed by atoms with Gasteiger partial charge in [-0.3, -0.25) is 4.79 Å². The summed E-state index contributed by atoms with van der Waals surface area (Å²) < 4.78 is 4.95. The van der Waals surface area contributed by atoms with Crippen LogP contribution in [0.3, 0.4) is 0 Å². The highest BCUT2D eigenvalue weighted by atomic mass is 16.4. The Morgan fingerprint density at radius 2 is 2.10 bits per heavy atom. The number of carbonyl (C=O) groups is 2. The lowest BCUT2D eigenvalue weighted by Crippen LogP contribution is -2.26. The van der Waals surface area contributed by atoms with Crippen molar-refractivity contribution in [1.82, 2.24) is 5.32 Å². The summed E-state index contributed by atoms with van der Waals surface area (Å²) in [4.78, 5) is 22.5. The standard InChI is InChI=1S/C15H21NO4/c1-10-3-2-4-11(9-10)7-8-16-14(17)12-5-6-13(20-12)15(18)19/h5-6,10-11H,2-4,7-9H2,1H3,(H,16,17)(H,18,19). The monoisotopic (exact) mass is 279 g/mol. The molecule has 1 fully saturated rings. The maximum atomic E-state index is 11.8. The minimum absolute atomic E-state index is 0.0550. The van der Waals surface area contributed by atoms with Crippen LogP contribution in [0.15, 0.2) is 16.5 Å². The number of hydrogen-bond donors (Lipinski definition) is 2. The molecular weight excluding hydrogens is 258 g/mol. The quantitative estimate of drug-likeness (QED) is 0.868. The van der Waals surface area contributed by atoms with Gasteiger partial charge in [0.15, 0.2) is 5.76 Å². The van der Waals surface area contributed by atoms with Crippen LogP contribution in [0.1, 0.15) is 60.1 Å². The van der Waals surface area contributed by atoms with Crippen molar-refractivity contribution < 1.29 is 19.1 Å². The Kier molecular flexibility index (Phi) is 4.82. The molecule has 0 radical (unpaired) electrons. The molecule has 1 heterocycles. The van der Waals surface area contributed by atoms with Crippen LogP contribution in [0.5, 0.6) is 0 Å². The molecule has 2 unspecified atom stereocenters. The van der Waals surface area contributed by atoms with Crippen molar-refractivity contribution >= 4 is 11.9 Å². The van der Waals surface area contributed by atoms with E-state index in [2.05, 4.69) is 12.2 Å². The third-order valence-electron chi connectivity index (χ3n) is 3.92. The zero-order valence-corrected chi connectivity index (χ0v) is 11.7. The highest BCUT2D eigenvalue weighted by Gasteiger charge is 2.19. The summed E-state index contributed by atoms with van der Waals surface area (Å²) in [6.45, 7) is 2.89. The molecule has 5 nitrogen and oxygen atoms in total. The van der Waals surface area contributed by atoms with E-state index in [9.17, 15) is 9.59 Å². The van der Waals surface area contributed by atoms with Gasteiger partial charge in [-0.25, -0.2) is 4.79 Å². The van der Waals surface area contributed by atoms with E-state index >= 15 is 0 Å². The predicted octanol–water partition coefficient (Wildman–Crippen LogP) is 2.92. The van der Waals surface area contributed by atoms with Gasteiger partial charge in [0.05, 0.1) is 0 Å². The first kappa shape index (κ1) is 14.6. The van der Waals surface area contributed by atoms with Crippen LogP contribution in [0.4, 0.5) is 0 Å². The Bertz CT molecular complexity index is 480. The summed E-state index contributed by atoms with van der Waals surface area (Å²) >= 11 is 0. The Morgan fingerprint density at radius 3 is 2.75 bits per heavy atom. The van der Waals surface area contributed by atoms with Gasteiger partial charge in [0.25, 0.3) is 5.91 Å². The van der Waals surface area contributed by atoms with Gasteiger partial charge in [-0.1, -0.05) is 26.2 Å². The van der Waals surface area contributed by atoms with Crippen LogP contribution in [-0.2, 0) is 0 Å². The molecule has 0 aliphatic heterocycles. The Hall–Kier alpha value is -1.78. The third kappa shape index (κ3) is 3.85. The molecular formula is C15H21NO4. The lowest BCUT2D eigenvalue weighted by molar-refractivity contribution is 0.0659. The van der Waals surface area contributed by atoms with Gasteiger partial charge in [-0.2, -0.15) is 0 Å². The summed E-state index contributed by atoms with van der Waals surface area (Å²) in [6, 6.07) is 2.68. The first-order valence-corrected chi connectivity index (χ1v) is 7.17. The molecule has 0 saturated heterocycles. The van der Waals surface area contributed by atoms with Gasteiger partial charge < -0.3 is 14.8 Å². The van der Waals surface area contributed by atoms with Crippen molar-refractivity contribution in [3.8, 4) is 0 Å². The van der Waals surface area contributed by atoms with E-state index in [4.69, 9.17) is 9.52 Å². The fraction of sp³-hybridized carbons (Fsp3) is 0.600. The lowest BCUT2D eigenvalue weighted by Gasteiger charge is -2.26. The molecule has 2 atom stereocenters. The van der Waals surface area contributed by atoms with Crippen molar-refractivity contribution in [3.63, 3.8) is 0 Å². The maximum absolute atomic E-state index is 11.8. The van der Waals surface area contributed by atoms with Crippen molar-refractivity contribution in [1.29, 1.82) is 0 Å². The number of nitrogens with one attached hydrogen (secondary N) is 1. The van der Waals surface area contributed by atoms with Crippen LogP contribution in [0, 0.1) is 11.8 Å². The molecule has 1 amide bonds. The van der Waals surface area contributed by atoms with Gasteiger partial charge >= 0.3 is 5.97 Å². The normalized spacial score (nSPS) is 22.4. The van der Waals surface area contributed by atoms with Gasteiger partial charge in [-0.05, 0) is 36.8 Å². The molecule has 1 saturated carbocycles. The summed E-state index contributed by atoms with van der Waals surface area (Å²) in [5, 5.41) is 11.5. The van der Waals surface area contributed by atoms with Crippen LogP contribution < -0.4 is 5.32 Å². The fourth-order valence-electron chi connectivity index (χ4n) is 2.87. The summed E-state index contributed by atoms with van der Waals surface area (Å²) in [5.41, 5.74) is 0. The molecule has 1 aliphatic rings. The molecule has 5 heteroatoms. The molecule has 1 aliphatic carbocycles. The molecule has 1 aromatic heterocycles. The number of rotatable bonds is 5. The second kappa shape index (κ2) is 6.59. The van der Waals surface area contributed by atoms with E-state index in [1.54, 1.807) is 0 Å². The molecule has 20 heavy (non-hydrogen) atoms. The van der Waals surface area contributed by atoms with Crippen LogP contribution in [0.25, 0.3) is 0 Å². The van der Waals surface area contributed by atoms with Gasteiger partial charge in [0.1, 0.15) is 0 Å². The number of hydrogen-bond acceptors (Lipinski definition) is 3. The molecule has 2 rings (SSSR count). The molecule has 0 aromatic carbocycles. The number of carbonyl (C=O) groups excluding carboxylic acids is 1. The first-order valence-electron chi connectivity index (χ1n) is 7.17. The van der Waals surface area contributed by atoms with Gasteiger partial charge in [0.2, 0.25) is 5.76 Å². The van der Waals surface area contributed by atoms with E-state index in [1.807, 2.05) is 0 Å². The number of carboxylic acids is 1. The van der Waals surface area contributed by atoms with Crippen molar-refractivity contribution in [2.75, 3.05) is 6.54 Å². The average molecular weight is 279 g/mol. The zero-order valence-electron chi connectivity index (χ0n) is 11.7. The van der Waals surface area contributed by atoms with E-state index in [0.29, 0.717) is 12.5 Å². The molecule has 0 bridgehead atoms. The SMILES string of the molecule is CC1CCCC(CCNC(=O)c2ccc(C(=O)O)o2)C1. The summed E-state index contributed by atoms with van der Waals surface area (Å²) in [6.07, 6.45) is 6.04. The Labute approximate surface area is 118 Å². The lowest BCUT2D eigenvalue weighted by atomic mass is 9.81. The smallest absolute Gasteiger partial charge is 0.371 e.